The highest BCUT2D eigenvalue weighted by Crippen LogP contribution is 2.37. The van der Waals surface area contributed by atoms with E-state index in [-0.39, 0.29) is 5.04 Å². The number of hydrogen-bond donors (Lipinski definition) is 1. The minimum Gasteiger partial charge on any atom is -0.417 e. The molecule has 0 radical (unpaired) electrons. The summed E-state index contributed by atoms with van der Waals surface area (Å²) < 4.78 is 6.28. The quantitative estimate of drug-likeness (QED) is 0.282. The molecule has 0 aliphatic heterocycles. The molecule has 134 valence electrons. The summed E-state index contributed by atoms with van der Waals surface area (Å²) in [6.45, 7) is 19.4. The van der Waals surface area contributed by atoms with Gasteiger partial charge >= 0.3 is 0 Å². The summed E-state index contributed by atoms with van der Waals surface area (Å²) in [5, 5.41) is 13.1. The summed E-state index contributed by atoms with van der Waals surface area (Å²) in [4.78, 5) is 0. The molecule has 0 saturated heterocycles. The third kappa shape index (κ3) is 6.20. The Labute approximate surface area is 145 Å². The van der Waals surface area contributed by atoms with Crippen LogP contribution < -0.4 is 0 Å². The molecule has 0 amide bonds. The molecule has 1 atom stereocenters. The van der Waals surface area contributed by atoms with E-state index in [4.69, 9.17) is 4.43 Å². The fourth-order valence-electron chi connectivity index (χ4n) is 2.87. The topological polar surface area (TPSA) is 41.8 Å². The Hall–Kier alpha value is -0.396. The summed E-state index contributed by atoms with van der Waals surface area (Å²) in [6, 6.07) is 0. The average molecular weight is 356 g/mol. The molecule has 1 N–H and O–H groups in total. The van der Waals surface area contributed by atoms with E-state index >= 15 is 0 Å². The van der Waals surface area contributed by atoms with Crippen molar-refractivity contribution < 1.29 is 9.63 Å². The molecule has 1 rings (SSSR count). The lowest BCUT2D eigenvalue weighted by Gasteiger charge is -2.36. The van der Waals surface area contributed by atoms with Gasteiger partial charge in [-0.2, -0.15) is 0 Å². The van der Waals surface area contributed by atoms with Crippen LogP contribution >= 0.6 is 0 Å². The predicted octanol–water partition coefficient (Wildman–Crippen LogP) is 5.83. The molecule has 5 heteroatoms. The van der Waals surface area contributed by atoms with Crippen molar-refractivity contribution >= 4 is 22.1 Å². The second kappa shape index (κ2) is 7.66. The highest BCUT2D eigenvalue weighted by atomic mass is 28.4. The molecule has 1 aliphatic rings. The molecule has 0 aromatic rings. The standard InChI is InChI=1S/C18H37NO2Si2/c1-18(2,3)23(7,8)21-13-9-10-16-15(14-22(4,5)6)11-12-17(16)19-20/h14,16,20H,9-13H2,1-8H3/b15-14-,19-17+/t16-/m0/s1. The van der Waals surface area contributed by atoms with Crippen LogP contribution in [0, 0.1) is 5.92 Å². The highest BCUT2D eigenvalue weighted by Gasteiger charge is 2.37. The lowest BCUT2D eigenvalue weighted by atomic mass is 9.97. The first-order valence-electron chi connectivity index (χ1n) is 8.94. The third-order valence-electron chi connectivity index (χ3n) is 5.17. The molecule has 3 nitrogen and oxygen atoms in total. The van der Waals surface area contributed by atoms with Crippen molar-refractivity contribution in [2.24, 2.45) is 11.1 Å². The first kappa shape index (κ1) is 20.6. The Morgan fingerprint density at radius 3 is 2.26 bits per heavy atom. The smallest absolute Gasteiger partial charge is 0.191 e. The maximum absolute atomic E-state index is 9.29. The number of rotatable bonds is 6. The van der Waals surface area contributed by atoms with Gasteiger partial charge in [0.2, 0.25) is 0 Å². The van der Waals surface area contributed by atoms with E-state index in [9.17, 15) is 5.21 Å². The Morgan fingerprint density at radius 2 is 1.78 bits per heavy atom. The predicted molar refractivity (Wildman–Crippen MR) is 106 cm³/mol. The molecule has 0 unspecified atom stereocenters. The monoisotopic (exact) mass is 355 g/mol. The van der Waals surface area contributed by atoms with Crippen LogP contribution in [0.1, 0.15) is 46.5 Å². The normalized spacial score (nSPS) is 23.9. The van der Waals surface area contributed by atoms with Crippen LogP contribution in [-0.4, -0.2) is 33.9 Å². The van der Waals surface area contributed by atoms with Gasteiger partial charge in [0, 0.05) is 12.5 Å². The maximum Gasteiger partial charge on any atom is 0.191 e. The minimum absolute atomic E-state index is 0.265. The largest absolute Gasteiger partial charge is 0.417 e. The Morgan fingerprint density at radius 1 is 1.17 bits per heavy atom. The number of oxime groups is 1. The summed E-state index contributed by atoms with van der Waals surface area (Å²) in [7, 11) is -2.88. The Bertz CT molecular complexity index is 457. The zero-order chi connectivity index (χ0) is 17.9. The van der Waals surface area contributed by atoms with Gasteiger partial charge < -0.3 is 9.63 Å². The van der Waals surface area contributed by atoms with Gasteiger partial charge in [0.15, 0.2) is 8.32 Å². The van der Waals surface area contributed by atoms with Gasteiger partial charge in [-0.3, -0.25) is 0 Å². The van der Waals surface area contributed by atoms with Crippen molar-refractivity contribution in [1.82, 2.24) is 0 Å². The molecule has 0 bridgehead atoms. The molecule has 0 heterocycles. The maximum atomic E-state index is 9.29. The van der Waals surface area contributed by atoms with Crippen LogP contribution in [0.2, 0.25) is 37.8 Å². The fraction of sp³-hybridized carbons (Fsp3) is 0.833. The highest BCUT2D eigenvalue weighted by molar-refractivity contribution is 6.81. The second-order valence-electron chi connectivity index (χ2n) is 9.48. The van der Waals surface area contributed by atoms with Crippen LogP contribution in [-0.2, 0) is 4.43 Å². The molecule has 0 aromatic carbocycles. The third-order valence-corrected chi connectivity index (χ3v) is 10.9. The second-order valence-corrected chi connectivity index (χ2v) is 19.3. The summed E-state index contributed by atoms with van der Waals surface area (Å²) in [5.74, 6) is 0.342. The molecule has 1 aliphatic carbocycles. The van der Waals surface area contributed by atoms with Crippen molar-refractivity contribution in [1.29, 1.82) is 0 Å². The first-order chi connectivity index (χ1) is 10.4. The van der Waals surface area contributed by atoms with Gasteiger partial charge in [-0.15, -0.1) is 0 Å². The van der Waals surface area contributed by atoms with Crippen LogP contribution in [0.4, 0.5) is 0 Å². The van der Waals surface area contributed by atoms with E-state index in [0.717, 1.165) is 38.0 Å². The van der Waals surface area contributed by atoms with Crippen molar-refractivity contribution in [3.63, 3.8) is 0 Å². The van der Waals surface area contributed by atoms with Crippen molar-refractivity contribution in [2.45, 2.75) is 84.2 Å². The van der Waals surface area contributed by atoms with Gasteiger partial charge in [-0.25, -0.2) is 0 Å². The molecular formula is C18H37NO2Si2. The van der Waals surface area contributed by atoms with Crippen LogP contribution in [0.25, 0.3) is 0 Å². The van der Waals surface area contributed by atoms with E-state index in [1.807, 2.05) is 0 Å². The Balaban J connectivity index is 2.62. The van der Waals surface area contributed by atoms with Crippen LogP contribution in [0.5, 0.6) is 0 Å². The van der Waals surface area contributed by atoms with Gasteiger partial charge in [-0.1, -0.05) is 56.8 Å². The number of allylic oxidation sites excluding steroid dienone is 1. The van der Waals surface area contributed by atoms with Gasteiger partial charge in [0.05, 0.1) is 13.8 Å². The molecule has 0 spiro atoms. The summed E-state index contributed by atoms with van der Waals surface area (Å²) in [5.41, 5.74) is 4.98. The van der Waals surface area contributed by atoms with Gasteiger partial charge in [-0.05, 0) is 43.8 Å². The zero-order valence-electron chi connectivity index (χ0n) is 16.5. The van der Waals surface area contributed by atoms with Crippen LogP contribution in [0.15, 0.2) is 16.4 Å². The SMILES string of the molecule is CC(C)(C)[Si](C)(C)OCCC[C@H]1/C(=C\[Si](C)(C)C)CC/C1=N\O. The molecule has 0 aromatic heterocycles. The van der Waals surface area contributed by atoms with E-state index < -0.39 is 16.4 Å². The molecular weight excluding hydrogens is 318 g/mol. The summed E-state index contributed by atoms with van der Waals surface area (Å²) >= 11 is 0. The minimum atomic E-state index is -1.65. The molecule has 23 heavy (non-hydrogen) atoms. The average Bonchev–Trinajstić information content (AvgIpc) is 2.73. The van der Waals surface area contributed by atoms with E-state index in [0.29, 0.717) is 5.92 Å². The van der Waals surface area contributed by atoms with Gasteiger partial charge in [0.1, 0.15) is 0 Å². The van der Waals surface area contributed by atoms with Crippen molar-refractivity contribution in [3.8, 4) is 0 Å². The zero-order valence-corrected chi connectivity index (χ0v) is 18.5. The van der Waals surface area contributed by atoms with Crippen LogP contribution in [0.3, 0.4) is 0 Å². The lowest BCUT2D eigenvalue weighted by molar-refractivity contribution is 0.275. The fourth-order valence-corrected chi connectivity index (χ4v) is 5.41. The summed E-state index contributed by atoms with van der Waals surface area (Å²) in [6.07, 6.45) is 4.07. The lowest BCUT2D eigenvalue weighted by Crippen LogP contribution is -2.41. The van der Waals surface area contributed by atoms with Gasteiger partial charge in [0.25, 0.3) is 0 Å². The van der Waals surface area contributed by atoms with Crippen molar-refractivity contribution in [2.75, 3.05) is 6.61 Å². The first-order valence-corrected chi connectivity index (χ1v) is 15.4. The molecule has 1 saturated carbocycles. The van der Waals surface area contributed by atoms with E-state index in [1.54, 1.807) is 0 Å². The van der Waals surface area contributed by atoms with Crippen molar-refractivity contribution in [3.05, 3.63) is 11.3 Å². The number of nitrogens with zero attached hydrogens (tertiary/aromatic N) is 1. The van der Waals surface area contributed by atoms with E-state index in [2.05, 4.69) is 64.4 Å². The Kier molecular flexibility index (Phi) is 6.88. The molecule has 1 fully saturated rings. The van der Waals surface area contributed by atoms with E-state index in [1.165, 1.54) is 5.57 Å². The number of hydrogen-bond acceptors (Lipinski definition) is 3.